The van der Waals surface area contributed by atoms with Gasteiger partial charge in [0.2, 0.25) is 5.91 Å². The number of urea groups is 1. The first-order valence-electron chi connectivity index (χ1n) is 9.29. The molecular weight excluding hydrogens is 342 g/mol. The second-order valence-corrected chi connectivity index (χ2v) is 6.44. The van der Waals surface area contributed by atoms with Gasteiger partial charge in [-0.3, -0.25) is 4.79 Å². The Hall–Kier alpha value is -3.02. The van der Waals surface area contributed by atoms with Gasteiger partial charge in [-0.25, -0.2) is 4.79 Å². The number of hydrogen-bond donors (Lipinski definition) is 2. The zero-order valence-electron chi connectivity index (χ0n) is 15.7. The third kappa shape index (κ3) is 4.58. The van der Waals surface area contributed by atoms with E-state index < -0.39 is 0 Å². The molecule has 6 heteroatoms. The van der Waals surface area contributed by atoms with Gasteiger partial charge in [-0.2, -0.15) is 0 Å². The lowest BCUT2D eigenvalue weighted by molar-refractivity contribution is -0.117. The molecule has 3 amide bonds. The first-order valence-corrected chi connectivity index (χ1v) is 9.29. The zero-order chi connectivity index (χ0) is 19.2. The van der Waals surface area contributed by atoms with Crippen LogP contribution in [-0.2, 0) is 11.2 Å². The van der Waals surface area contributed by atoms with E-state index in [1.54, 1.807) is 4.90 Å². The van der Waals surface area contributed by atoms with Crippen LogP contribution in [0.25, 0.3) is 0 Å². The minimum absolute atomic E-state index is 0.00146. The molecule has 0 aromatic heterocycles. The molecule has 0 radical (unpaired) electrons. The van der Waals surface area contributed by atoms with Crippen molar-refractivity contribution in [3.05, 3.63) is 54.1 Å². The number of carbonyl (C=O) groups excluding carboxylic acids is 2. The van der Waals surface area contributed by atoms with Gasteiger partial charge < -0.3 is 20.3 Å². The summed E-state index contributed by atoms with van der Waals surface area (Å²) in [5, 5.41) is 5.79. The summed E-state index contributed by atoms with van der Waals surface area (Å²) >= 11 is 0. The Morgan fingerprint density at radius 1 is 1.15 bits per heavy atom. The van der Waals surface area contributed by atoms with E-state index >= 15 is 0 Å². The second kappa shape index (κ2) is 8.58. The highest BCUT2D eigenvalue weighted by atomic mass is 16.5. The zero-order valence-corrected chi connectivity index (χ0v) is 15.7. The van der Waals surface area contributed by atoms with Crippen LogP contribution in [0.15, 0.2) is 48.5 Å². The fraction of sp³-hybridized carbons (Fsp3) is 0.333. The maximum Gasteiger partial charge on any atom is 0.319 e. The third-order valence-electron chi connectivity index (χ3n) is 4.57. The maximum atomic E-state index is 12.4. The number of amides is 3. The summed E-state index contributed by atoms with van der Waals surface area (Å²) in [5.41, 5.74) is 2.68. The molecule has 0 aliphatic carbocycles. The van der Waals surface area contributed by atoms with Gasteiger partial charge in [0, 0.05) is 24.3 Å². The Bertz CT molecular complexity index is 805. The van der Waals surface area contributed by atoms with E-state index in [4.69, 9.17) is 4.74 Å². The van der Waals surface area contributed by atoms with Gasteiger partial charge in [-0.05, 0) is 49.2 Å². The largest absolute Gasteiger partial charge is 0.494 e. The molecule has 27 heavy (non-hydrogen) atoms. The lowest BCUT2D eigenvalue weighted by Crippen LogP contribution is -2.39. The van der Waals surface area contributed by atoms with Crippen LogP contribution >= 0.6 is 0 Å². The average Bonchev–Trinajstić information content (AvgIpc) is 3.03. The van der Waals surface area contributed by atoms with Gasteiger partial charge in [-0.15, -0.1) is 0 Å². The molecule has 1 saturated heterocycles. The van der Waals surface area contributed by atoms with E-state index in [0.29, 0.717) is 13.2 Å². The van der Waals surface area contributed by atoms with Crippen LogP contribution in [0.1, 0.15) is 25.8 Å². The number of rotatable bonds is 6. The van der Waals surface area contributed by atoms with Crippen LogP contribution in [-0.4, -0.2) is 31.1 Å². The topological polar surface area (TPSA) is 70.7 Å². The van der Waals surface area contributed by atoms with Gasteiger partial charge >= 0.3 is 6.03 Å². The monoisotopic (exact) mass is 367 g/mol. The molecule has 1 aliphatic heterocycles. The van der Waals surface area contributed by atoms with E-state index in [0.717, 1.165) is 29.1 Å². The molecule has 3 rings (SSSR count). The highest BCUT2D eigenvalue weighted by Crippen LogP contribution is 2.24. The lowest BCUT2D eigenvalue weighted by atomic mass is 10.1. The summed E-state index contributed by atoms with van der Waals surface area (Å²) < 4.78 is 5.43. The van der Waals surface area contributed by atoms with Gasteiger partial charge in [0.05, 0.1) is 12.6 Å². The molecule has 1 aliphatic rings. The number of ether oxygens (including phenoxy) is 1. The predicted octanol–water partition coefficient (Wildman–Crippen LogP) is 3.57. The highest BCUT2D eigenvalue weighted by molar-refractivity contribution is 5.97. The molecule has 2 aromatic carbocycles. The van der Waals surface area contributed by atoms with Gasteiger partial charge in [-0.1, -0.05) is 25.1 Å². The number of nitrogens with one attached hydrogen (secondary N) is 2. The van der Waals surface area contributed by atoms with Crippen molar-refractivity contribution in [1.82, 2.24) is 5.32 Å². The summed E-state index contributed by atoms with van der Waals surface area (Å²) in [5.74, 6) is 0.773. The summed E-state index contributed by atoms with van der Waals surface area (Å²) in [6.45, 7) is 5.03. The molecule has 6 nitrogen and oxygen atoms in total. The van der Waals surface area contributed by atoms with Crippen LogP contribution < -0.4 is 20.3 Å². The molecular formula is C21H25N3O3. The van der Waals surface area contributed by atoms with Crippen LogP contribution in [0, 0.1) is 0 Å². The van der Waals surface area contributed by atoms with E-state index in [9.17, 15) is 9.59 Å². The molecule has 142 valence electrons. The third-order valence-corrected chi connectivity index (χ3v) is 4.57. The number of benzene rings is 2. The fourth-order valence-corrected chi connectivity index (χ4v) is 3.24. The van der Waals surface area contributed by atoms with E-state index in [-0.39, 0.29) is 24.4 Å². The van der Waals surface area contributed by atoms with Crippen molar-refractivity contribution in [1.29, 1.82) is 0 Å². The number of anilines is 2. The quantitative estimate of drug-likeness (QED) is 0.820. The smallest absolute Gasteiger partial charge is 0.319 e. The van der Waals surface area contributed by atoms with Crippen LogP contribution in [0.2, 0.25) is 0 Å². The van der Waals surface area contributed by atoms with Crippen molar-refractivity contribution < 1.29 is 14.3 Å². The number of hydrogen-bond acceptors (Lipinski definition) is 3. The number of carbonyl (C=O) groups is 2. The molecule has 0 unspecified atom stereocenters. The van der Waals surface area contributed by atoms with E-state index in [1.807, 2.05) is 62.4 Å². The van der Waals surface area contributed by atoms with Gasteiger partial charge in [0.25, 0.3) is 0 Å². The minimum Gasteiger partial charge on any atom is -0.494 e. The Kier molecular flexibility index (Phi) is 5.96. The standard InChI is InChI=1S/C21H25N3O3/c1-3-15-7-5-6-8-19(15)23-21(26)22-16-13-20(25)24(14-16)17-9-11-18(12-10-17)27-4-2/h5-12,16H,3-4,13-14H2,1-2H3,(H2,22,23,26)/t16-/m1/s1. The predicted molar refractivity (Wildman–Crippen MR) is 106 cm³/mol. The average molecular weight is 367 g/mol. The Labute approximate surface area is 159 Å². The van der Waals surface area contributed by atoms with Crippen molar-refractivity contribution in [3.63, 3.8) is 0 Å². The first-order chi connectivity index (χ1) is 13.1. The van der Waals surface area contributed by atoms with Crippen molar-refractivity contribution in [2.75, 3.05) is 23.4 Å². The van der Waals surface area contributed by atoms with E-state index in [1.165, 1.54) is 0 Å². The number of para-hydroxylation sites is 1. The normalized spacial score (nSPS) is 16.3. The molecule has 1 heterocycles. The highest BCUT2D eigenvalue weighted by Gasteiger charge is 2.31. The number of aryl methyl sites for hydroxylation is 1. The summed E-state index contributed by atoms with van der Waals surface area (Å²) in [7, 11) is 0. The SMILES string of the molecule is CCOc1ccc(N2C[C@H](NC(=O)Nc3ccccc3CC)CC2=O)cc1. The molecule has 0 saturated carbocycles. The Morgan fingerprint density at radius 3 is 2.59 bits per heavy atom. The molecule has 0 bridgehead atoms. The second-order valence-electron chi connectivity index (χ2n) is 6.44. The van der Waals surface area contributed by atoms with Gasteiger partial charge in [0.1, 0.15) is 5.75 Å². The lowest BCUT2D eigenvalue weighted by Gasteiger charge is -2.18. The first kappa shape index (κ1) is 18.8. The van der Waals surface area contributed by atoms with Crippen molar-refractivity contribution in [3.8, 4) is 5.75 Å². The van der Waals surface area contributed by atoms with Gasteiger partial charge in [0.15, 0.2) is 0 Å². The summed E-state index contributed by atoms with van der Waals surface area (Å²) in [6, 6.07) is 14.6. The summed E-state index contributed by atoms with van der Waals surface area (Å²) in [4.78, 5) is 26.4. The maximum absolute atomic E-state index is 12.4. The Balaban J connectivity index is 1.59. The van der Waals surface area contributed by atoms with Crippen LogP contribution in [0.4, 0.5) is 16.2 Å². The van der Waals surface area contributed by atoms with Crippen LogP contribution in [0.5, 0.6) is 5.75 Å². The van der Waals surface area contributed by atoms with Crippen molar-refractivity contribution in [2.24, 2.45) is 0 Å². The Morgan fingerprint density at radius 2 is 1.89 bits per heavy atom. The number of nitrogens with zero attached hydrogens (tertiary/aromatic N) is 1. The van der Waals surface area contributed by atoms with Crippen molar-refractivity contribution >= 4 is 23.3 Å². The van der Waals surface area contributed by atoms with Crippen LogP contribution in [0.3, 0.4) is 0 Å². The van der Waals surface area contributed by atoms with Crippen molar-refractivity contribution in [2.45, 2.75) is 32.7 Å². The minimum atomic E-state index is -0.290. The fourth-order valence-electron chi connectivity index (χ4n) is 3.24. The molecule has 2 aromatic rings. The summed E-state index contributed by atoms with van der Waals surface area (Å²) in [6.07, 6.45) is 1.12. The van der Waals surface area contributed by atoms with E-state index in [2.05, 4.69) is 10.6 Å². The molecule has 1 fully saturated rings. The molecule has 2 N–H and O–H groups in total. The molecule has 1 atom stereocenters. The molecule has 0 spiro atoms.